The number of esters is 1. The van der Waals surface area contributed by atoms with E-state index in [9.17, 15) is 14.4 Å². The monoisotopic (exact) mass is 378 g/mol. The van der Waals surface area contributed by atoms with Gasteiger partial charge in [0, 0.05) is 29.5 Å². The maximum Gasteiger partial charge on any atom is 0.397 e. The summed E-state index contributed by atoms with van der Waals surface area (Å²) in [5.41, 5.74) is 0.592. The third kappa shape index (κ3) is 3.99. The van der Waals surface area contributed by atoms with Crippen LogP contribution in [0.15, 0.2) is 28.7 Å². The van der Waals surface area contributed by atoms with Crippen molar-refractivity contribution in [3.8, 4) is 0 Å². The summed E-state index contributed by atoms with van der Waals surface area (Å²) in [6, 6.07) is 6.71. The zero-order chi connectivity index (χ0) is 18.7. The molecular formula is C18H19ClN2O5. The minimum absolute atomic E-state index is 0.0921. The number of halogens is 1. The second-order valence-corrected chi connectivity index (χ2v) is 6.49. The van der Waals surface area contributed by atoms with Gasteiger partial charge in [-0.3, -0.25) is 9.59 Å². The zero-order valence-electron chi connectivity index (χ0n) is 14.3. The van der Waals surface area contributed by atoms with E-state index in [1.807, 2.05) is 0 Å². The number of nitrogens with one attached hydrogen (secondary N) is 1. The molecule has 8 heteroatoms. The number of furan rings is 1. The Morgan fingerprint density at radius 3 is 2.69 bits per heavy atom. The fourth-order valence-electron chi connectivity index (χ4n) is 2.93. The summed E-state index contributed by atoms with van der Waals surface area (Å²) in [6.07, 6.45) is 1.12. The van der Waals surface area contributed by atoms with Crippen LogP contribution in [0.5, 0.6) is 0 Å². The van der Waals surface area contributed by atoms with Crippen molar-refractivity contribution < 1.29 is 23.5 Å². The highest BCUT2D eigenvalue weighted by molar-refractivity contribution is 6.32. The third-order valence-corrected chi connectivity index (χ3v) is 4.50. The molecule has 138 valence electrons. The van der Waals surface area contributed by atoms with Gasteiger partial charge in [0.1, 0.15) is 5.58 Å². The van der Waals surface area contributed by atoms with Gasteiger partial charge in [0.05, 0.1) is 6.61 Å². The number of benzene rings is 1. The molecule has 0 spiro atoms. The number of carbonyl (C=O) groups is 3. The number of hydrogen-bond acceptors (Lipinski definition) is 5. The van der Waals surface area contributed by atoms with Crippen LogP contribution in [0.4, 0.5) is 0 Å². The summed E-state index contributed by atoms with van der Waals surface area (Å²) < 4.78 is 10.3. The number of likely N-dealkylation sites (tertiary alicyclic amines) is 1. The number of nitrogens with zero attached hydrogens (tertiary/aromatic N) is 1. The lowest BCUT2D eigenvalue weighted by molar-refractivity contribution is -0.160. The van der Waals surface area contributed by atoms with Crippen molar-refractivity contribution in [3.63, 3.8) is 0 Å². The third-order valence-electron chi connectivity index (χ3n) is 4.27. The summed E-state index contributed by atoms with van der Waals surface area (Å²) >= 11 is 5.94. The molecule has 2 heterocycles. The van der Waals surface area contributed by atoms with E-state index in [1.165, 1.54) is 4.90 Å². The number of amides is 2. The van der Waals surface area contributed by atoms with Crippen LogP contribution in [0.2, 0.25) is 5.02 Å². The molecule has 1 saturated heterocycles. The molecule has 26 heavy (non-hydrogen) atoms. The number of ether oxygens (including phenoxy) is 1. The zero-order valence-corrected chi connectivity index (χ0v) is 15.0. The van der Waals surface area contributed by atoms with Gasteiger partial charge >= 0.3 is 11.9 Å². The van der Waals surface area contributed by atoms with E-state index in [-0.39, 0.29) is 24.3 Å². The molecule has 1 fully saturated rings. The molecule has 7 nitrogen and oxygen atoms in total. The van der Waals surface area contributed by atoms with Crippen molar-refractivity contribution in [2.24, 2.45) is 0 Å². The molecule has 1 aromatic carbocycles. The first-order chi connectivity index (χ1) is 12.5. The fourth-order valence-corrected chi connectivity index (χ4v) is 3.11. The van der Waals surface area contributed by atoms with Crippen molar-refractivity contribution in [1.82, 2.24) is 10.2 Å². The minimum atomic E-state index is -0.837. The van der Waals surface area contributed by atoms with Crippen LogP contribution < -0.4 is 5.32 Å². The van der Waals surface area contributed by atoms with Gasteiger partial charge in [0.25, 0.3) is 5.91 Å². The quantitative estimate of drug-likeness (QED) is 0.654. The average molecular weight is 379 g/mol. The minimum Gasteiger partial charge on any atom is -0.459 e. The van der Waals surface area contributed by atoms with E-state index in [0.717, 1.165) is 5.39 Å². The SMILES string of the molecule is CCOC(=O)C(=O)N1CCC(NC(=O)c2cc3cc(Cl)ccc3o2)CC1. The molecule has 0 aliphatic carbocycles. The normalized spacial score (nSPS) is 15.1. The molecule has 2 aromatic rings. The van der Waals surface area contributed by atoms with Crippen molar-refractivity contribution in [2.75, 3.05) is 19.7 Å². The van der Waals surface area contributed by atoms with E-state index in [1.54, 1.807) is 31.2 Å². The maximum absolute atomic E-state index is 12.4. The van der Waals surface area contributed by atoms with Gasteiger partial charge in [0.2, 0.25) is 0 Å². The number of rotatable bonds is 3. The van der Waals surface area contributed by atoms with Gasteiger partial charge in [-0.25, -0.2) is 4.79 Å². The number of carbonyl (C=O) groups excluding carboxylic acids is 3. The Hall–Kier alpha value is -2.54. The van der Waals surface area contributed by atoms with Crippen molar-refractivity contribution in [3.05, 3.63) is 35.0 Å². The lowest BCUT2D eigenvalue weighted by Gasteiger charge is -2.31. The highest BCUT2D eigenvalue weighted by Gasteiger charge is 2.29. The average Bonchev–Trinajstić information content (AvgIpc) is 3.05. The number of piperidine rings is 1. The predicted molar refractivity (Wildman–Crippen MR) is 94.9 cm³/mol. The molecule has 1 aliphatic heterocycles. The molecular weight excluding hydrogens is 360 g/mol. The summed E-state index contributed by atoms with van der Waals surface area (Å²) in [4.78, 5) is 37.2. The van der Waals surface area contributed by atoms with Crippen molar-refractivity contribution >= 4 is 40.4 Å². The van der Waals surface area contributed by atoms with E-state index in [4.69, 9.17) is 20.8 Å². The largest absolute Gasteiger partial charge is 0.459 e. The maximum atomic E-state index is 12.4. The standard InChI is InChI=1S/C18H19ClN2O5/c1-2-25-18(24)17(23)21-7-5-13(6-8-21)20-16(22)15-10-11-9-12(19)3-4-14(11)26-15/h3-4,9-10,13H,2,5-8H2,1H3,(H,20,22). The van der Waals surface area contributed by atoms with Crippen LogP contribution in [-0.2, 0) is 14.3 Å². The molecule has 0 radical (unpaired) electrons. The molecule has 0 unspecified atom stereocenters. The molecule has 0 bridgehead atoms. The Balaban J connectivity index is 1.56. The number of hydrogen-bond donors (Lipinski definition) is 1. The van der Waals surface area contributed by atoms with Crippen LogP contribution in [0.1, 0.15) is 30.3 Å². The summed E-state index contributed by atoms with van der Waals surface area (Å²) in [5, 5.41) is 4.24. The van der Waals surface area contributed by atoms with E-state index >= 15 is 0 Å². The molecule has 0 saturated carbocycles. The first kappa shape index (κ1) is 18.3. The molecule has 1 aliphatic rings. The van der Waals surface area contributed by atoms with Crippen molar-refractivity contribution in [1.29, 1.82) is 0 Å². The molecule has 1 N–H and O–H groups in total. The number of fused-ring (bicyclic) bond motifs is 1. The second-order valence-electron chi connectivity index (χ2n) is 6.05. The van der Waals surface area contributed by atoms with Crippen LogP contribution in [0.3, 0.4) is 0 Å². The van der Waals surface area contributed by atoms with Gasteiger partial charge in [-0.05, 0) is 44.0 Å². The Labute approximate surface area is 155 Å². The lowest BCUT2D eigenvalue weighted by atomic mass is 10.0. The van der Waals surface area contributed by atoms with Gasteiger partial charge in [0.15, 0.2) is 5.76 Å². The lowest BCUT2D eigenvalue weighted by Crippen LogP contribution is -2.48. The van der Waals surface area contributed by atoms with E-state index in [0.29, 0.717) is 36.5 Å². The van der Waals surface area contributed by atoms with E-state index in [2.05, 4.69) is 5.32 Å². The Morgan fingerprint density at radius 1 is 1.27 bits per heavy atom. The Kier molecular flexibility index (Phi) is 5.46. The highest BCUT2D eigenvalue weighted by atomic mass is 35.5. The van der Waals surface area contributed by atoms with Gasteiger partial charge < -0.3 is 19.4 Å². The smallest absolute Gasteiger partial charge is 0.397 e. The van der Waals surface area contributed by atoms with Crippen molar-refractivity contribution in [2.45, 2.75) is 25.8 Å². The molecule has 2 amide bonds. The van der Waals surface area contributed by atoms with Crippen LogP contribution in [0.25, 0.3) is 11.0 Å². The highest BCUT2D eigenvalue weighted by Crippen LogP contribution is 2.23. The summed E-state index contributed by atoms with van der Waals surface area (Å²) in [6.45, 7) is 2.59. The molecule has 1 aromatic heterocycles. The van der Waals surface area contributed by atoms with E-state index < -0.39 is 11.9 Å². The molecule has 3 rings (SSSR count). The fraction of sp³-hybridized carbons (Fsp3) is 0.389. The predicted octanol–water partition coefficient (Wildman–Crippen LogP) is 2.37. The summed E-state index contributed by atoms with van der Waals surface area (Å²) in [7, 11) is 0. The van der Waals surface area contributed by atoms with Gasteiger partial charge in [-0.2, -0.15) is 0 Å². The summed E-state index contributed by atoms with van der Waals surface area (Å²) in [5.74, 6) is -1.57. The van der Waals surface area contributed by atoms with Crippen LogP contribution in [-0.4, -0.2) is 48.4 Å². The first-order valence-electron chi connectivity index (χ1n) is 8.44. The van der Waals surface area contributed by atoms with Crippen LogP contribution in [0, 0.1) is 0 Å². The van der Waals surface area contributed by atoms with Gasteiger partial charge in [-0.15, -0.1) is 0 Å². The van der Waals surface area contributed by atoms with Gasteiger partial charge in [-0.1, -0.05) is 11.6 Å². The van der Waals surface area contributed by atoms with Crippen LogP contribution >= 0.6 is 11.6 Å². The topological polar surface area (TPSA) is 88.9 Å². The Morgan fingerprint density at radius 2 is 2.00 bits per heavy atom. The first-order valence-corrected chi connectivity index (χ1v) is 8.81. The second kappa shape index (κ2) is 7.78. The molecule has 0 atom stereocenters. The Bertz CT molecular complexity index is 839.